The van der Waals surface area contributed by atoms with Gasteiger partial charge in [-0.05, 0) is 13.8 Å². The first-order valence-corrected chi connectivity index (χ1v) is 6.01. The highest BCUT2D eigenvalue weighted by Gasteiger charge is 2.28. The predicted octanol–water partition coefficient (Wildman–Crippen LogP) is 0.980. The summed E-state index contributed by atoms with van der Waals surface area (Å²) in [5.41, 5.74) is 0.531. The summed E-state index contributed by atoms with van der Waals surface area (Å²) in [6.45, 7) is 3.27. The average Bonchev–Trinajstić information content (AvgIpc) is 2.87. The van der Waals surface area contributed by atoms with Crippen molar-refractivity contribution in [3.05, 3.63) is 27.3 Å². The lowest BCUT2D eigenvalue weighted by atomic mass is 10.1. The Labute approximate surface area is 119 Å². The molecule has 0 saturated carbocycles. The predicted molar refractivity (Wildman–Crippen MR) is 70.4 cm³/mol. The monoisotopic (exact) mass is 294 g/mol. The minimum atomic E-state index is -0.502. The molecule has 0 bridgehead atoms. The third-order valence-electron chi connectivity index (χ3n) is 2.92. The van der Waals surface area contributed by atoms with Gasteiger partial charge in [-0.3, -0.25) is 15.2 Å². The highest BCUT2D eigenvalue weighted by Crippen LogP contribution is 2.31. The second kappa shape index (κ2) is 5.69. The molecular formula is C11H14N6O4. The number of nitrogens with zero attached hydrogens (tertiary/aromatic N) is 5. The largest absolute Gasteiger partial charge is 0.467 e. The number of aromatic nitrogens is 5. The summed E-state index contributed by atoms with van der Waals surface area (Å²) in [6, 6.07) is 0.144. The Hall–Kier alpha value is -2.78. The fourth-order valence-electron chi connectivity index (χ4n) is 1.84. The molecule has 0 aliphatic rings. The number of aromatic amines is 1. The highest BCUT2D eigenvalue weighted by molar-refractivity contribution is 5.43. The van der Waals surface area contributed by atoms with Gasteiger partial charge in [0, 0.05) is 0 Å². The van der Waals surface area contributed by atoms with Gasteiger partial charge in [-0.25, -0.2) is 0 Å². The number of ether oxygens (including phenoxy) is 2. The van der Waals surface area contributed by atoms with E-state index < -0.39 is 10.8 Å². The van der Waals surface area contributed by atoms with Crippen molar-refractivity contribution in [2.75, 3.05) is 14.2 Å². The van der Waals surface area contributed by atoms with Crippen molar-refractivity contribution >= 4 is 5.69 Å². The maximum Gasteiger partial charge on any atom is 0.322 e. The number of hydrogen-bond donors (Lipinski definition) is 1. The molecule has 2 aromatic heterocycles. The zero-order valence-electron chi connectivity index (χ0n) is 11.9. The van der Waals surface area contributed by atoms with Gasteiger partial charge in [-0.2, -0.15) is 15.1 Å². The smallest absolute Gasteiger partial charge is 0.322 e. The van der Waals surface area contributed by atoms with Crippen LogP contribution in [0.5, 0.6) is 12.0 Å². The molecule has 0 spiro atoms. The number of hydrogen-bond acceptors (Lipinski definition) is 8. The number of methoxy groups -OCH3 is 2. The Morgan fingerprint density at radius 2 is 1.76 bits per heavy atom. The van der Waals surface area contributed by atoms with Crippen molar-refractivity contribution in [1.82, 2.24) is 25.1 Å². The summed E-state index contributed by atoms with van der Waals surface area (Å²) >= 11 is 0. The summed E-state index contributed by atoms with van der Waals surface area (Å²) in [7, 11) is 2.82. The first-order valence-electron chi connectivity index (χ1n) is 6.01. The van der Waals surface area contributed by atoms with Crippen LogP contribution in [-0.4, -0.2) is 44.3 Å². The van der Waals surface area contributed by atoms with Gasteiger partial charge in [-0.15, -0.1) is 4.98 Å². The molecule has 112 valence electrons. The molecule has 1 atom stereocenters. The van der Waals surface area contributed by atoms with Crippen LogP contribution in [0.2, 0.25) is 0 Å². The van der Waals surface area contributed by atoms with E-state index in [-0.39, 0.29) is 23.5 Å². The summed E-state index contributed by atoms with van der Waals surface area (Å²) < 4.78 is 9.93. The summed E-state index contributed by atoms with van der Waals surface area (Å²) in [4.78, 5) is 22.7. The Bertz CT molecular complexity index is 648. The van der Waals surface area contributed by atoms with Crippen molar-refractivity contribution in [1.29, 1.82) is 0 Å². The quantitative estimate of drug-likeness (QED) is 0.638. The van der Waals surface area contributed by atoms with E-state index in [0.29, 0.717) is 11.4 Å². The van der Waals surface area contributed by atoms with Gasteiger partial charge in [0.05, 0.1) is 25.1 Å². The first-order chi connectivity index (χ1) is 9.97. The average molecular weight is 294 g/mol. The standard InChI is InChI=1S/C11H14N6O4/c1-5(7-8(17(18)19)6(2)15-16-7)9-12-10(20-3)14-11(13-9)21-4/h5H,1-4H3,(H,15,16). The van der Waals surface area contributed by atoms with Crippen LogP contribution in [-0.2, 0) is 0 Å². The zero-order valence-corrected chi connectivity index (χ0v) is 11.9. The minimum Gasteiger partial charge on any atom is -0.467 e. The molecule has 1 unspecified atom stereocenters. The van der Waals surface area contributed by atoms with Crippen molar-refractivity contribution in [3.8, 4) is 12.0 Å². The van der Waals surface area contributed by atoms with Crippen molar-refractivity contribution in [2.45, 2.75) is 19.8 Å². The first kappa shape index (κ1) is 14.6. The molecule has 21 heavy (non-hydrogen) atoms. The lowest BCUT2D eigenvalue weighted by molar-refractivity contribution is -0.386. The molecule has 0 saturated heterocycles. The fourth-order valence-corrected chi connectivity index (χ4v) is 1.84. The van der Waals surface area contributed by atoms with Gasteiger partial charge in [-0.1, -0.05) is 0 Å². The Morgan fingerprint density at radius 3 is 2.24 bits per heavy atom. The lowest BCUT2D eigenvalue weighted by Crippen LogP contribution is -2.09. The van der Waals surface area contributed by atoms with E-state index in [1.807, 2.05) is 0 Å². The van der Waals surface area contributed by atoms with E-state index >= 15 is 0 Å². The van der Waals surface area contributed by atoms with Crippen molar-refractivity contribution in [3.63, 3.8) is 0 Å². The van der Waals surface area contributed by atoms with E-state index in [2.05, 4.69) is 25.1 Å². The molecule has 0 fully saturated rings. The van der Waals surface area contributed by atoms with Crippen molar-refractivity contribution in [2.24, 2.45) is 0 Å². The summed E-state index contributed by atoms with van der Waals surface area (Å²) in [5, 5.41) is 17.7. The molecule has 1 N–H and O–H groups in total. The van der Waals surface area contributed by atoms with Gasteiger partial charge >= 0.3 is 17.7 Å². The number of H-pyrrole nitrogens is 1. The number of aryl methyl sites for hydroxylation is 1. The van der Waals surface area contributed by atoms with Gasteiger partial charge < -0.3 is 9.47 Å². The van der Waals surface area contributed by atoms with Gasteiger partial charge in [0.15, 0.2) is 0 Å². The second-order valence-electron chi connectivity index (χ2n) is 4.22. The third-order valence-corrected chi connectivity index (χ3v) is 2.92. The van der Waals surface area contributed by atoms with E-state index in [4.69, 9.17) is 9.47 Å². The molecule has 0 aromatic carbocycles. The molecule has 2 rings (SSSR count). The topological polar surface area (TPSA) is 129 Å². The molecule has 0 aliphatic heterocycles. The maximum absolute atomic E-state index is 11.1. The van der Waals surface area contributed by atoms with Crippen LogP contribution in [0.1, 0.15) is 30.1 Å². The van der Waals surface area contributed by atoms with E-state index in [1.165, 1.54) is 14.2 Å². The normalized spacial score (nSPS) is 12.0. The lowest BCUT2D eigenvalue weighted by Gasteiger charge is -2.09. The summed E-state index contributed by atoms with van der Waals surface area (Å²) in [5.74, 6) is -0.220. The second-order valence-corrected chi connectivity index (χ2v) is 4.22. The zero-order chi connectivity index (χ0) is 15.6. The number of rotatable bonds is 5. The molecule has 2 aromatic rings. The Morgan fingerprint density at radius 1 is 1.19 bits per heavy atom. The van der Waals surface area contributed by atoms with Crippen LogP contribution >= 0.6 is 0 Å². The SMILES string of the molecule is COc1nc(OC)nc(C(C)c2[nH]nc(C)c2[N+](=O)[O-])n1. The van der Waals surface area contributed by atoms with Crippen LogP contribution in [0.4, 0.5) is 5.69 Å². The molecular weight excluding hydrogens is 280 g/mol. The number of nitrogens with one attached hydrogen (secondary N) is 1. The molecule has 10 heteroatoms. The minimum absolute atomic E-state index is 0.0718. The van der Waals surface area contributed by atoms with Crippen LogP contribution in [0.3, 0.4) is 0 Å². The van der Waals surface area contributed by atoms with Crippen LogP contribution in [0.15, 0.2) is 0 Å². The Balaban J connectivity index is 2.49. The fraction of sp³-hybridized carbons (Fsp3) is 0.455. The Kier molecular flexibility index (Phi) is 3.96. The third kappa shape index (κ3) is 2.73. The molecule has 0 amide bonds. The van der Waals surface area contributed by atoms with Crippen LogP contribution in [0, 0.1) is 17.0 Å². The highest BCUT2D eigenvalue weighted by atomic mass is 16.6. The molecule has 2 heterocycles. The summed E-state index contributed by atoms with van der Waals surface area (Å²) in [6.07, 6.45) is 0. The number of nitro groups is 1. The van der Waals surface area contributed by atoms with Gasteiger partial charge in [0.2, 0.25) is 0 Å². The van der Waals surface area contributed by atoms with Gasteiger partial charge in [0.1, 0.15) is 17.2 Å². The van der Waals surface area contributed by atoms with E-state index in [9.17, 15) is 10.1 Å². The van der Waals surface area contributed by atoms with Gasteiger partial charge in [0.25, 0.3) is 0 Å². The van der Waals surface area contributed by atoms with Crippen LogP contribution in [0.25, 0.3) is 0 Å². The van der Waals surface area contributed by atoms with E-state index in [1.54, 1.807) is 13.8 Å². The maximum atomic E-state index is 11.1. The molecule has 10 nitrogen and oxygen atoms in total. The van der Waals surface area contributed by atoms with Crippen LogP contribution < -0.4 is 9.47 Å². The van der Waals surface area contributed by atoms with E-state index in [0.717, 1.165) is 0 Å². The van der Waals surface area contributed by atoms with Crippen molar-refractivity contribution < 1.29 is 14.4 Å². The molecule has 0 radical (unpaired) electrons. The molecule has 0 aliphatic carbocycles.